The number of halogens is 2. The van der Waals surface area contributed by atoms with E-state index >= 15 is 0 Å². The standard InChI is InChI=1S/C7H8NO.C5H5.C2H7Si.4CH3.2ClH.Ti/c1-9-8-7-5-3-2-4-6-7;1-2-4-5-3-1;1-3-2;;;;;;;/h2-6H,1H3;1-3H,4H2;3H,1-2H3;4*1H3;2*1H;/q-1;;;;;;;;;+3/p-2. The van der Waals surface area contributed by atoms with Crippen LogP contribution in [-0.2, 0) is 17.1 Å². The van der Waals surface area contributed by atoms with E-state index in [0.29, 0.717) is 0 Å². The molecule has 0 spiro atoms. The molecule has 0 N–H and O–H groups in total. The van der Waals surface area contributed by atoms with Crippen molar-refractivity contribution < 1.29 is 41.9 Å². The zero-order valence-corrected chi connectivity index (χ0v) is 20.2. The van der Waals surface area contributed by atoms with Crippen LogP contribution in [0.15, 0.2) is 52.4 Å². The predicted octanol–water partition coefficient (Wildman–Crippen LogP) is -0.242. The summed E-state index contributed by atoms with van der Waals surface area (Å²) in [6.45, 7) is 3.81. The molecule has 24 heavy (non-hydrogen) atoms. The number of nitrogens with zero attached hydrogens (tertiary/aromatic N) is 1. The summed E-state index contributed by atoms with van der Waals surface area (Å²) >= 11 is -4.26. The second kappa shape index (κ2) is 6.01. The Bertz CT molecular complexity index is 673. The van der Waals surface area contributed by atoms with Crippen molar-refractivity contribution >= 4 is 12.4 Å². The number of rotatable bonds is 5. The molecule has 0 aliphatic heterocycles. The number of para-hydroxylation sites is 1. The van der Waals surface area contributed by atoms with Crippen molar-refractivity contribution in [3.63, 3.8) is 0 Å². The van der Waals surface area contributed by atoms with Crippen LogP contribution in [0.2, 0.25) is 34.0 Å². The van der Waals surface area contributed by atoms with E-state index in [1.54, 1.807) is 3.88 Å². The van der Waals surface area contributed by atoms with Gasteiger partial charge in [0.05, 0.1) is 0 Å². The van der Waals surface area contributed by atoms with E-state index in [1.165, 1.54) is 5.69 Å². The average molecular weight is 425 g/mol. The maximum Gasteiger partial charge on any atom is -1.00 e. The van der Waals surface area contributed by atoms with Gasteiger partial charge in [-0.3, -0.25) is 0 Å². The Hall–Kier alpha value is -0.0288. The Morgan fingerprint density at radius 2 is 1.54 bits per heavy atom. The van der Waals surface area contributed by atoms with Gasteiger partial charge in [-0.25, -0.2) is 0 Å². The first-order valence-electron chi connectivity index (χ1n) is 8.36. The van der Waals surface area contributed by atoms with Crippen LogP contribution in [0, 0.1) is 0 Å². The SMILES string of the molecule is CO[N](c1ccccc1)[Ti+2]([CH3])([CH3])([CH3])([CH3])([C]1=CC=CC1)[SiH](C)C.[Cl-].[Cl-]. The Kier molecular flexibility index (Phi) is 6.00. The first kappa shape index (κ1) is 24.0. The summed E-state index contributed by atoms with van der Waals surface area (Å²) < 4.78 is 3.93. The summed E-state index contributed by atoms with van der Waals surface area (Å²) in [5.74, 6) is 0. The second-order valence-electron chi connectivity index (χ2n) is 10.7. The van der Waals surface area contributed by atoms with Gasteiger partial charge in [0.25, 0.3) is 0 Å². The molecule has 2 nitrogen and oxygen atoms in total. The number of allylic oxidation sites excluding steroid dienone is 4. The summed E-state index contributed by atoms with van der Waals surface area (Å²) in [4.78, 5) is 6.16. The quantitative estimate of drug-likeness (QED) is 0.477. The van der Waals surface area contributed by atoms with Crippen molar-refractivity contribution in [3.05, 3.63) is 52.4 Å². The molecular weight excluding hydrogens is 393 g/mol. The smallest absolute Gasteiger partial charge is 1.00 e. The van der Waals surface area contributed by atoms with E-state index in [0.717, 1.165) is 6.42 Å². The van der Waals surface area contributed by atoms with Crippen molar-refractivity contribution in [1.82, 2.24) is 0 Å². The third kappa shape index (κ3) is 2.98. The van der Waals surface area contributed by atoms with Crippen LogP contribution >= 0.6 is 0 Å². The van der Waals surface area contributed by atoms with Gasteiger partial charge in [0.15, 0.2) is 0 Å². The molecule has 0 heterocycles. The number of hydrogen-bond acceptors (Lipinski definition) is 2. The normalized spacial score (nSPS) is 18.3. The van der Waals surface area contributed by atoms with Crippen LogP contribution in [0.4, 0.5) is 5.69 Å². The fraction of sp³-hybridized carbons (Fsp3) is 0.444. The maximum atomic E-state index is 6.16. The molecule has 0 unspecified atom stereocenters. The van der Waals surface area contributed by atoms with Crippen molar-refractivity contribution in [1.29, 1.82) is 0 Å². The van der Waals surface area contributed by atoms with Crippen LogP contribution in [-0.4, -0.2) is 13.8 Å². The zero-order valence-electron chi connectivity index (χ0n) is 16.0. The van der Waals surface area contributed by atoms with Gasteiger partial charge in [0.2, 0.25) is 0 Å². The average Bonchev–Trinajstić information content (AvgIpc) is 2.95. The van der Waals surface area contributed by atoms with Crippen molar-refractivity contribution in [2.24, 2.45) is 0 Å². The van der Waals surface area contributed by atoms with E-state index in [-0.39, 0.29) is 24.8 Å². The molecule has 6 heteroatoms. The zero-order chi connectivity index (χ0) is 16.8. The molecule has 1 aromatic rings. The molecule has 0 fully saturated rings. The van der Waals surface area contributed by atoms with Crippen LogP contribution in [0.1, 0.15) is 6.42 Å². The van der Waals surface area contributed by atoms with E-state index < -0.39 is 18.9 Å². The Morgan fingerprint density at radius 1 is 1.00 bits per heavy atom. The number of anilines is 1. The molecule has 0 aromatic heterocycles. The van der Waals surface area contributed by atoms with Crippen molar-refractivity contribution in [3.8, 4) is 0 Å². The van der Waals surface area contributed by atoms with Gasteiger partial charge in [0, 0.05) is 0 Å². The largest absolute Gasteiger partial charge is 1.00 e. The number of benzene rings is 1. The minimum Gasteiger partial charge on any atom is -1.00 e. The minimum absolute atomic E-state index is 0. The molecule has 1 aromatic carbocycles. The van der Waals surface area contributed by atoms with Gasteiger partial charge in [-0.05, 0) is 0 Å². The predicted molar refractivity (Wildman–Crippen MR) is 100 cm³/mol. The Morgan fingerprint density at radius 3 is 1.92 bits per heavy atom. The summed E-state index contributed by atoms with van der Waals surface area (Å²) in [5, 5.41) is 10.2. The molecule has 0 atom stereocenters. The fourth-order valence-electron chi connectivity index (χ4n) is 3.90. The molecule has 1 aliphatic rings. The van der Waals surface area contributed by atoms with Crippen LogP contribution in [0.3, 0.4) is 0 Å². The molecule has 137 valence electrons. The van der Waals surface area contributed by atoms with Crippen LogP contribution < -0.4 is 28.4 Å². The first-order valence-corrected chi connectivity index (χ1v) is 21.7. The van der Waals surface area contributed by atoms with Gasteiger partial charge < -0.3 is 24.8 Å². The van der Waals surface area contributed by atoms with Gasteiger partial charge in [0.1, 0.15) is 0 Å². The fourth-order valence-corrected chi connectivity index (χ4v) is 20.1. The van der Waals surface area contributed by atoms with Crippen LogP contribution in [0.25, 0.3) is 0 Å². The Balaban J connectivity index is 0.00000264. The van der Waals surface area contributed by atoms with E-state index in [1.807, 2.05) is 7.11 Å². The maximum absolute atomic E-state index is 6.16. The first-order chi connectivity index (χ1) is 9.90. The Labute approximate surface area is 157 Å². The van der Waals surface area contributed by atoms with Gasteiger partial charge in [-0.1, -0.05) is 0 Å². The van der Waals surface area contributed by atoms with Crippen LogP contribution in [0.5, 0.6) is 0 Å². The summed E-state index contributed by atoms with van der Waals surface area (Å²) in [7, 11) is 1.83. The van der Waals surface area contributed by atoms with Crippen molar-refractivity contribution in [2.75, 3.05) is 10.7 Å². The molecule has 0 bridgehead atoms. The topological polar surface area (TPSA) is 12.5 Å². The minimum atomic E-state index is -4.26. The van der Waals surface area contributed by atoms with Gasteiger partial charge >= 0.3 is 133 Å². The third-order valence-electron chi connectivity index (χ3n) is 7.45. The monoisotopic (exact) mass is 424 g/mol. The van der Waals surface area contributed by atoms with E-state index in [9.17, 15) is 0 Å². The molecule has 0 saturated carbocycles. The second-order valence-corrected chi connectivity index (χ2v) is 52.0. The summed E-state index contributed by atoms with van der Waals surface area (Å²) in [5.41, 5.74) is 1.17. The molecule has 0 amide bonds. The molecule has 1 aliphatic carbocycles. The molecule has 0 radical (unpaired) electrons. The molecule has 2 rings (SSSR count). The van der Waals surface area contributed by atoms with Gasteiger partial charge in [-0.2, -0.15) is 0 Å². The number of hydrogen-bond donors (Lipinski definition) is 0. The summed E-state index contributed by atoms with van der Waals surface area (Å²) in [6.07, 6.45) is 7.91. The molecule has 0 saturated heterocycles. The van der Waals surface area contributed by atoms with E-state index in [4.69, 9.17) is 4.84 Å². The van der Waals surface area contributed by atoms with E-state index in [2.05, 4.69) is 86.1 Å². The van der Waals surface area contributed by atoms with Crippen molar-refractivity contribution in [2.45, 2.75) is 40.4 Å². The van der Waals surface area contributed by atoms with Gasteiger partial charge in [-0.15, -0.1) is 0 Å². The molecular formula is C18H32Cl2NOSiTi. The summed E-state index contributed by atoms with van der Waals surface area (Å²) in [6, 6.07) is 10.6. The third-order valence-corrected chi connectivity index (χ3v) is 51.9.